The van der Waals surface area contributed by atoms with E-state index in [0.29, 0.717) is 22.9 Å². The first-order valence-electron chi connectivity index (χ1n) is 13.4. The molecule has 3 atom stereocenters. The zero-order valence-electron chi connectivity index (χ0n) is 23.1. The van der Waals surface area contributed by atoms with Gasteiger partial charge in [-0.1, -0.05) is 44.2 Å². The minimum Gasteiger partial charge on any atom is -0.384 e. The number of carbonyl (C=O) groups excluding carboxylic acids is 4. The van der Waals surface area contributed by atoms with Crippen LogP contribution in [0.4, 0.5) is 0 Å². The molecular formula is C28H34N6O5S2. The van der Waals surface area contributed by atoms with Gasteiger partial charge in [0.2, 0.25) is 5.91 Å². The number of amides is 4. The molecule has 218 valence electrons. The number of hydrogen-bond acceptors (Lipinski definition) is 9. The highest BCUT2D eigenvalue weighted by molar-refractivity contribution is 7.10. The summed E-state index contributed by atoms with van der Waals surface area (Å²) in [5, 5.41) is 23.1. The maximum Gasteiger partial charge on any atom is 0.271 e. The molecular weight excluding hydrogens is 564 g/mol. The Hall–Kier alpha value is -3.68. The molecule has 1 aliphatic rings. The summed E-state index contributed by atoms with van der Waals surface area (Å²) in [6.07, 6.45) is -0.502. The Balaban J connectivity index is 1.67. The smallest absolute Gasteiger partial charge is 0.271 e. The number of aliphatic hydroxyl groups is 1. The highest BCUT2D eigenvalue weighted by atomic mass is 32.1. The molecule has 0 fully saturated rings. The van der Waals surface area contributed by atoms with Gasteiger partial charge >= 0.3 is 0 Å². The summed E-state index contributed by atoms with van der Waals surface area (Å²) in [6, 6.07) is 8.60. The zero-order valence-corrected chi connectivity index (χ0v) is 24.8. The number of carbonyl (C=O) groups is 4. The van der Waals surface area contributed by atoms with Crippen LogP contribution in [-0.2, 0) is 16.0 Å². The standard InChI is InChI=1S/C28H34N6O5S2/c1-16(2)23-27-32-20(14-41-27)24(37)29-10-7-11-34(28(39)17(3)35)13-22(36)30-19(12-18-8-5-4-6-9-18)26-31-21(15-40-26)25(38)33-23/h4-6,8-9,14-17,19,23,35H,7,10-13H2,1-3H3,(H,29,37)(H,30,36)(H,33,38)/t17-,19+,23+/m1/s1. The molecule has 4 N–H and O–H groups in total. The van der Waals surface area contributed by atoms with Gasteiger partial charge in [0.25, 0.3) is 17.7 Å². The molecule has 11 nitrogen and oxygen atoms in total. The van der Waals surface area contributed by atoms with Gasteiger partial charge in [0, 0.05) is 23.8 Å². The van der Waals surface area contributed by atoms with E-state index in [4.69, 9.17) is 0 Å². The Bertz CT molecular complexity index is 1370. The van der Waals surface area contributed by atoms with Gasteiger partial charge in [-0.05, 0) is 31.2 Å². The molecule has 4 amide bonds. The van der Waals surface area contributed by atoms with E-state index in [1.54, 1.807) is 10.8 Å². The third kappa shape index (κ3) is 7.96. The maximum absolute atomic E-state index is 13.3. The van der Waals surface area contributed by atoms with Gasteiger partial charge in [-0.15, -0.1) is 22.7 Å². The van der Waals surface area contributed by atoms with Crippen molar-refractivity contribution in [2.75, 3.05) is 19.6 Å². The lowest BCUT2D eigenvalue weighted by Crippen LogP contribution is -2.46. The van der Waals surface area contributed by atoms with Crippen molar-refractivity contribution in [2.45, 2.75) is 51.8 Å². The lowest BCUT2D eigenvalue weighted by Gasteiger charge is -2.25. The second kappa shape index (κ2) is 13.8. The third-order valence-corrected chi connectivity index (χ3v) is 8.42. The number of nitrogens with zero attached hydrogens (tertiary/aromatic N) is 3. The molecule has 0 unspecified atom stereocenters. The molecule has 0 saturated heterocycles. The molecule has 0 radical (unpaired) electrons. The topological polar surface area (TPSA) is 154 Å². The minimum atomic E-state index is -1.29. The Kier molecular flexibility index (Phi) is 10.2. The number of rotatable bonds is 4. The Morgan fingerprint density at radius 1 is 1.00 bits per heavy atom. The summed E-state index contributed by atoms with van der Waals surface area (Å²) >= 11 is 2.56. The number of nitrogens with one attached hydrogen (secondary N) is 3. The van der Waals surface area contributed by atoms with Crippen LogP contribution in [0, 0.1) is 5.92 Å². The highest BCUT2D eigenvalue weighted by Crippen LogP contribution is 2.27. The monoisotopic (exact) mass is 598 g/mol. The molecule has 2 aromatic heterocycles. The van der Waals surface area contributed by atoms with Crippen LogP contribution in [-0.4, -0.2) is 69.3 Å². The number of hydrogen-bond donors (Lipinski definition) is 4. The van der Waals surface area contributed by atoms with Crippen molar-refractivity contribution in [3.05, 3.63) is 68.1 Å². The Morgan fingerprint density at radius 2 is 1.66 bits per heavy atom. The fourth-order valence-corrected chi connectivity index (χ4v) is 6.24. The van der Waals surface area contributed by atoms with E-state index in [0.717, 1.165) is 5.56 Å². The molecule has 1 aromatic carbocycles. The molecule has 0 saturated carbocycles. The van der Waals surface area contributed by atoms with Crippen LogP contribution in [0.15, 0.2) is 41.1 Å². The highest BCUT2D eigenvalue weighted by Gasteiger charge is 2.28. The van der Waals surface area contributed by atoms with E-state index >= 15 is 0 Å². The van der Waals surface area contributed by atoms with Crippen LogP contribution in [0.2, 0.25) is 0 Å². The largest absolute Gasteiger partial charge is 0.384 e. The Morgan fingerprint density at radius 3 is 2.34 bits per heavy atom. The van der Waals surface area contributed by atoms with Crippen LogP contribution in [0.5, 0.6) is 0 Å². The van der Waals surface area contributed by atoms with E-state index in [9.17, 15) is 24.3 Å². The van der Waals surface area contributed by atoms with Gasteiger partial charge in [0.05, 0.1) is 18.6 Å². The van der Waals surface area contributed by atoms with Crippen LogP contribution in [0.1, 0.15) is 75.8 Å². The second-order valence-electron chi connectivity index (χ2n) is 10.2. The molecule has 3 aromatic rings. The molecule has 4 rings (SSSR count). The van der Waals surface area contributed by atoms with Crippen molar-refractivity contribution >= 4 is 46.3 Å². The Labute approximate surface area is 246 Å². The second-order valence-corrected chi connectivity index (χ2v) is 12.0. The average Bonchev–Trinajstić information content (AvgIpc) is 3.63. The van der Waals surface area contributed by atoms with E-state index in [2.05, 4.69) is 25.9 Å². The summed E-state index contributed by atoms with van der Waals surface area (Å²) in [5.74, 6) is -1.79. The summed E-state index contributed by atoms with van der Waals surface area (Å²) in [4.78, 5) is 62.2. The van der Waals surface area contributed by atoms with Crippen molar-refractivity contribution in [3.8, 4) is 0 Å². The van der Waals surface area contributed by atoms with E-state index < -0.39 is 30.0 Å². The molecule has 1 aliphatic heterocycles. The summed E-state index contributed by atoms with van der Waals surface area (Å²) in [5.41, 5.74) is 1.41. The molecule has 41 heavy (non-hydrogen) atoms. The van der Waals surface area contributed by atoms with Gasteiger partial charge in [0.1, 0.15) is 27.5 Å². The normalized spacial score (nSPS) is 19.8. The molecule has 4 bridgehead atoms. The molecule has 0 spiro atoms. The van der Waals surface area contributed by atoms with Crippen LogP contribution < -0.4 is 16.0 Å². The SMILES string of the molecule is CC(C)[C@@H]1NC(=O)c2csc(n2)[C@H](Cc2ccccc2)NC(=O)CN(C(=O)[C@@H](C)O)CCCNC(=O)c2csc1n2. The lowest BCUT2D eigenvalue weighted by atomic mass is 10.0. The van der Waals surface area contributed by atoms with Gasteiger partial charge in [-0.2, -0.15) is 0 Å². The first-order valence-corrected chi connectivity index (χ1v) is 15.2. The maximum atomic E-state index is 13.3. The van der Waals surface area contributed by atoms with Gasteiger partial charge in [-0.3, -0.25) is 19.2 Å². The van der Waals surface area contributed by atoms with Crippen molar-refractivity contribution in [2.24, 2.45) is 5.92 Å². The summed E-state index contributed by atoms with van der Waals surface area (Å²) < 4.78 is 0. The lowest BCUT2D eigenvalue weighted by molar-refractivity contribution is -0.142. The summed E-state index contributed by atoms with van der Waals surface area (Å²) in [7, 11) is 0. The first-order chi connectivity index (χ1) is 19.6. The number of aromatic nitrogens is 2. The number of fused-ring (bicyclic) bond motifs is 4. The number of benzene rings is 1. The fourth-order valence-electron chi connectivity index (χ4n) is 4.37. The van der Waals surface area contributed by atoms with Gasteiger partial charge in [0.15, 0.2) is 0 Å². The molecule has 0 aliphatic carbocycles. The van der Waals surface area contributed by atoms with Crippen LogP contribution >= 0.6 is 22.7 Å². The van der Waals surface area contributed by atoms with Crippen molar-refractivity contribution < 1.29 is 24.3 Å². The van der Waals surface area contributed by atoms with Crippen LogP contribution in [0.25, 0.3) is 0 Å². The average molecular weight is 599 g/mol. The van der Waals surface area contributed by atoms with E-state index in [1.807, 2.05) is 44.2 Å². The predicted molar refractivity (Wildman–Crippen MR) is 156 cm³/mol. The molecule has 13 heteroatoms. The van der Waals surface area contributed by atoms with Gasteiger partial charge in [-0.25, -0.2) is 9.97 Å². The molecule has 3 heterocycles. The predicted octanol–water partition coefficient (Wildman–Crippen LogP) is 2.47. The van der Waals surface area contributed by atoms with Crippen LogP contribution in [0.3, 0.4) is 0 Å². The fraction of sp³-hybridized carbons (Fsp3) is 0.429. The minimum absolute atomic E-state index is 0.00391. The third-order valence-electron chi connectivity index (χ3n) is 6.54. The number of thiazole rings is 2. The number of aliphatic hydroxyl groups excluding tert-OH is 1. The first kappa shape index (κ1) is 30.3. The summed E-state index contributed by atoms with van der Waals surface area (Å²) in [6.45, 7) is 5.37. The van der Waals surface area contributed by atoms with Crippen molar-refractivity contribution in [1.29, 1.82) is 0 Å². The van der Waals surface area contributed by atoms with E-state index in [-0.39, 0.29) is 48.8 Å². The van der Waals surface area contributed by atoms with Crippen molar-refractivity contribution in [1.82, 2.24) is 30.8 Å². The quantitative estimate of drug-likeness (QED) is 0.360. The van der Waals surface area contributed by atoms with E-state index in [1.165, 1.54) is 34.5 Å². The van der Waals surface area contributed by atoms with Gasteiger partial charge < -0.3 is 26.0 Å². The van der Waals surface area contributed by atoms with Crippen molar-refractivity contribution in [3.63, 3.8) is 0 Å². The zero-order chi connectivity index (χ0) is 29.5.